The van der Waals surface area contributed by atoms with Crippen LogP contribution in [0.3, 0.4) is 0 Å². The highest BCUT2D eigenvalue weighted by Gasteiger charge is 2.03. The molecule has 1 aromatic carbocycles. The van der Waals surface area contributed by atoms with Gasteiger partial charge in [-0.1, -0.05) is 12.1 Å². The van der Waals surface area contributed by atoms with Crippen molar-refractivity contribution in [2.45, 2.75) is 19.4 Å². The van der Waals surface area contributed by atoms with E-state index in [9.17, 15) is 0 Å². The molecule has 3 nitrogen and oxygen atoms in total. The van der Waals surface area contributed by atoms with Crippen LogP contribution in [-0.4, -0.2) is 25.4 Å². The zero-order chi connectivity index (χ0) is 11.1. The normalized spacial score (nSPS) is 12.5. The minimum Gasteiger partial charge on any atom is -0.497 e. The first kappa shape index (κ1) is 12.0. The molecule has 84 valence electrons. The SMILES string of the molecule is COc1ccc([C@@H](C)NCCCO)cc1. The van der Waals surface area contributed by atoms with Gasteiger partial charge in [-0.25, -0.2) is 0 Å². The molecule has 1 atom stereocenters. The van der Waals surface area contributed by atoms with E-state index in [2.05, 4.69) is 24.4 Å². The summed E-state index contributed by atoms with van der Waals surface area (Å²) < 4.78 is 5.09. The molecule has 0 radical (unpaired) electrons. The predicted molar refractivity (Wildman–Crippen MR) is 61.1 cm³/mol. The van der Waals surface area contributed by atoms with Crippen molar-refractivity contribution in [1.82, 2.24) is 5.32 Å². The summed E-state index contributed by atoms with van der Waals surface area (Å²) in [6.07, 6.45) is 0.792. The van der Waals surface area contributed by atoms with Gasteiger partial charge in [-0.05, 0) is 37.6 Å². The van der Waals surface area contributed by atoms with Crippen LogP contribution in [0.5, 0.6) is 5.75 Å². The fourth-order valence-corrected chi connectivity index (χ4v) is 1.41. The molecule has 0 bridgehead atoms. The maximum Gasteiger partial charge on any atom is 0.118 e. The average molecular weight is 209 g/mol. The minimum absolute atomic E-state index is 0.238. The highest BCUT2D eigenvalue weighted by molar-refractivity contribution is 5.28. The van der Waals surface area contributed by atoms with Gasteiger partial charge in [0.25, 0.3) is 0 Å². The Balaban J connectivity index is 2.46. The van der Waals surface area contributed by atoms with Crippen molar-refractivity contribution < 1.29 is 9.84 Å². The second-order valence-corrected chi connectivity index (χ2v) is 3.53. The predicted octanol–water partition coefficient (Wildman–Crippen LogP) is 1.73. The lowest BCUT2D eigenvalue weighted by atomic mass is 10.1. The zero-order valence-corrected chi connectivity index (χ0v) is 9.36. The van der Waals surface area contributed by atoms with Gasteiger partial charge in [-0.2, -0.15) is 0 Å². The van der Waals surface area contributed by atoms with E-state index in [1.165, 1.54) is 5.56 Å². The van der Waals surface area contributed by atoms with Crippen LogP contribution in [0, 0.1) is 0 Å². The monoisotopic (exact) mass is 209 g/mol. The van der Waals surface area contributed by atoms with Gasteiger partial charge in [-0.3, -0.25) is 0 Å². The minimum atomic E-state index is 0.238. The van der Waals surface area contributed by atoms with Crippen LogP contribution < -0.4 is 10.1 Å². The van der Waals surface area contributed by atoms with Crippen LogP contribution in [0.1, 0.15) is 24.9 Å². The summed E-state index contributed by atoms with van der Waals surface area (Å²) in [5.74, 6) is 0.876. The topological polar surface area (TPSA) is 41.5 Å². The van der Waals surface area contributed by atoms with E-state index in [0.29, 0.717) is 6.04 Å². The summed E-state index contributed by atoms with van der Waals surface area (Å²) in [7, 11) is 1.66. The van der Waals surface area contributed by atoms with Crippen molar-refractivity contribution in [3.63, 3.8) is 0 Å². The van der Waals surface area contributed by atoms with E-state index in [0.717, 1.165) is 18.7 Å². The molecule has 0 heterocycles. The Labute approximate surface area is 91.1 Å². The van der Waals surface area contributed by atoms with Gasteiger partial charge in [0.2, 0.25) is 0 Å². The van der Waals surface area contributed by atoms with E-state index in [4.69, 9.17) is 9.84 Å². The molecule has 3 heteroatoms. The lowest BCUT2D eigenvalue weighted by Gasteiger charge is -2.14. The Morgan fingerprint density at radius 2 is 2.00 bits per heavy atom. The van der Waals surface area contributed by atoms with Crippen LogP contribution in [0.2, 0.25) is 0 Å². The first-order valence-electron chi connectivity index (χ1n) is 5.26. The molecule has 0 unspecified atom stereocenters. The van der Waals surface area contributed by atoms with Crippen molar-refractivity contribution in [1.29, 1.82) is 0 Å². The highest BCUT2D eigenvalue weighted by atomic mass is 16.5. The summed E-state index contributed by atoms with van der Waals surface area (Å²) in [6, 6.07) is 8.33. The molecule has 2 N–H and O–H groups in total. The number of rotatable bonds is 6. The van der Waals surface area contributed by atoms with Crippen molar-refractivity contribution in [2.24, 2.45) is 0 Å². The Morgan fingerprint density at radius 3 is 2.53 bits per heavy atom. The number of hydrogen-bond acceptors (Lipinski definition) is 3. The van der Waals surface area contributed by atoms with Crippen molar-refractivity contribution in [3.8, 4) is 5.75 Å². The molecule has 0 saturated heterocycles. The van der Waals surface area contributed by atoms with Gasteiger partial charge < -0.3 is 15.2 Å². The number of hydrogen-bond donors (Lipinski definition) is 2. The van der Waals surface area contributed by atoms with Crippen LogP contribution in [-0.2, 0) is 0 Å². The summed E-state index contributed by atoms with van der Waals surface area (Å²) in [4.78, 5) is 0. The smallest absolute Gasteiger partial charge is 0.118 e. The van der Waals surface area contributed by atoms with Crippen LogP contribution in [0.25, 0.3) is 0 Å². The first-order chi connectivity index (χ1) is 7.27. The maximum atomic E-state index is 8.66. The Hall–Kier alpha value is -1.06. The number of aliphatic hydroxyl groups is 1. The molecule has 1 rings (SSSR count). The van der Waals surface area contributed by atoms with Crippen LogP contribution >= 0.6 is 0 Å². The standard InChI is InChI=1S/C12H19NO2/c1-10(13-8-3-9-14)11-4-6-12(15-2)7-5-11/h4-7,10,13-14H,3,8-9H2,1-2H3/t10-/m1/s1. The number of methoxy groups -OCH3 is 1. The van der Waals surface area contributed by atoms with E-state index in [1.54, 1.807) is 7.11 Å². The quantitative estimate of drug-likeness (QED) is 0.701. The molecular weight excluding hydrogens is 190 g/mol. The third kappa shape index (κ3) is 3.90. The second-order valence-electron chi connectivity index (χ2n) is 3.53. The van der Waals surface area contributed by atoms with Gasteiger partial charge in [-0.15, -0.1) is 0 Å². The van der Waals surface area contributed by atoms with Crippen molar-refractivity contribution in [2.75, 3.05) is 20.3 Å². The molecule has 0 aliphatic rings. The van der Waals surface area contributed by atoms with E-state index in [1.807, 2.05) is 12.1 Å². The third-order valence-corrected chi connectivity index (χ3v) is 2.40. The lowest BCUT2D eigenvalue weighted by molar-refractivity contribution is 0.284. The highest BCUT2D eigenvalue weighted by Crippen LogP contribution is 2.16. The van der Waals surface area contributed by atoms with Crippen molar-refractivity contribution >= 4 is 0 Å². The maximum absolute atomic E-state index is 8.66. The fourth-order valence-electron chi connectivity index (χ4n) is 1.41. The fraction of sp³-hybridized carbons (Fsp3) is 0.500. The van der Waals surface area contributed by atoms with Gasteiger partial charge in [0.05, 0.1) is 7.11 Å². The van der Waals surface area contributed by atoms with E-state index < -0.39 is 0 Å². The molecule has 0 spiro atoms. The number of nitrogens with one attached hydrogen (secondary N) is 1. The molecular formula is C12H19NO2. The summed E-state index contributed by atoms with van der Waals surface area (Å²) in [6.45, 7) is 3.19. The van der Waals surface area contributed by atoms with Crippen molar-refractivity contribution in [3.05, 3.63) is 29.8 Å². The molecule has 0 saturated carbocycles. The van der Waals surface area contributed by atoms with Gasteiger partial charge >= 0.3 is 0 Å². The second kappa shape index (κ2) is 6.43. The third-order valence-electron chi connectivity index (χ3n) is 2.40. The Morgan fingerprint density at radius 1 is 1.33 bits per heavy atom. The lowest BCUT2D eigenvalue weighted by Crippen LogP contribution is -2.20. The molecule has 0 aromatic heterocycles. The molecule has 0 amide bonds. The summed E-state index contributed by atoms with van der Waals surface area (Å²) in [5.41, 5.74) is 1.23. The molecule has 15 heavy (non-hydrogen) atoms. The van der Waals surface area contributed by atoms with E-state index in [-0.39, 0.29) is 6.61 Å². The average Bonchev–Trinajstić information content (AvgIpc) is 2.29. The zero-order valence-electron chi connectivity index (χ0n) is 9.36. The Kier molecular flexibility index (Phi) is 5.15. The molecule has 0 aliphatic heterocycles. The van der Waals surface area contributed by atoms with Gasteiger partial charge in [0.1, 0.15) is 5.75 Å². The Bertz CT molecular complexity index is 271. The van der Waals surface area contributed by atoms with Crippen LogP contribution in [0.15, 0.2) is 24.3 Å². The van der Waals surface area contributed by atoms with Gasteiger partial charge in [0.15, 0.2) is 0 Å². The van der Waals surface area contributed by atoms with E-state index >= 15 is 0 Å². The first-order valence-corrected chi connectivity index (χ1v) is 5.26. The number of benzene rings is 1. The summed E-state index contributed by atoms with van der Waals surface area (Å²) in [5, 5.41) is 12.0. The molecule has 0 aliphatic carbocycles. The van der Waals surface area contributed by atoms with Gasteiger partial charge in [0, 0.05) is 12.6 Å². The number of ether oxygens (including phenoxy) is 1. The molecule has 0 fully saturated rings. The number of aliphatic hydroxyl groups excluding tert-OH is 1. The largest absolute Gasteiger partial charge is 0.497 e. The summed E-state index contributed by atoms with van der Waals surface area (Å²) >= 11 is 0. The molecule has 1 aromatic rings. The van der Waals surface area contributed by atoms with Crippen LogP contribution in [0.4, 0.5) is 0 Å².